The van der Waals surface area contributed by atoms with Crippen LogP contribution in [0.4, 0.5) is 0 Å². The third-order valence-electron chi connectivity index (χ3n) is 2.51. The Labute approximate surface area is 105 Å². The highest BCUT2D eigenvalue weighted by Crippen LogP contribution is 2.03. The summed E-state index contributed by atoms with van der Waals surface area (Å²) in [6.45, 7) is 0.581. The maximum absolute atomic E-state index is 11.7. The van der Waals surface area contributed by atoms with Crippen molar-refractivity contribution in [3.63, 3.8) is 0 Å². The maximum atomic E-state index is 11.7. The summed E-state index contributed by atoms with van der Waals surface area (Å²) in [5, 5.41) is 8.84. The molecule has 1 heterocycles. The monoisotopic (exact) mass is 246 g/mol. The molecule has 1 amide bonds. The molecule has 0 fully saturated rings. The van der Waals surface area contributed by atoms with Crippen LogP contribution in [0, 0.1) is 0 Å². The molecule has 0 aliphatic heterocycles. The summed E-state index contributed by atoms with van der Waals surface area (Å²) < 4.78 is 1.62. The molecular weight excluding hydrogens is 232 g/mol. The lowest BCUT2D eigenvalue weighted by molar-refractivity contribution is -0.0760. The molecule has 2 rings (SSSR count). The molecule has 6 heteroatoms. The molecule has 1 aromatic carbocycles. The third-order valence-corrected chi connectivity index (χ3v) is 2.51. The van der Waals surface area contributed by atoms with Crippen molar-refractivity contribution in [2.24, 2.45) is 0 Å². The number of benzene rings is 1. The number of nitrogens with zero attached hydrogens (tertiary/aromatic N) is 4. The summed E-state index contributed by atoms with van der Waals surface area (Å²) in [5.74, 6) is -0.322. The zero-order valence-corrected chi connectivity index (χ0v) is 10.3. The van der Waals surface area contributed by atoms with E-state index in [0.29, 0.717) is 6.54 Å². The first-order valence-corrected chi connectivity index (χ1v) is 5.47. The van der Waals surface area contributed by atoms with Gasteiger partial charge in [0.05, 0.1) is 19.9 Å². The fourth-order valence-electron chi connectivity index (χ4n) is 1.49. The van der Waals surface area contributed by atoms with Gasteiger partial charge in [0.25, 0.3) is 5.91 Å². The zero-order valence-electron chi connectivity index (χ0n) is 10.3. The van der Waals surface area contributed by atoms with Crippen molar-refractivity contribution in [1.82, 2.24) is 20.1 Å². The number of hydrogen-bond donors (Lipinski definition) is 0. The predicted molar refractivity (Wildman–Crippen MR) is 64.7 cm³/mol. The smallest absolute Gasteiger partial charge is 0.274 e. The zero-order chi connectivity index (χ0) is 13.0. The summed E-state index contributed by atoms with van der Waals surface area (Å²) in [4.78, 5) is 16.5. The Kier molecular flexibility index (Phi) is 3.69. The van der Waals surface area contributed by atoms with Gasteiger partial charge in [0.15, 0.2) is 5.69 Å². The largest absolute Gasteiger partial charge is 0.299 e. The van der Waals surface area contributed by atoms with Crippen molar-refractivity contribution < 1.29 is 9.63 Å². The molecule has 0 aliphatic carbocycles. The second-order valence-corrected chi connectivity index (χ2v) is 3.77. The van der Waals surface area contributed by atoms with E-state index < -0.39 is 0 Å². The average molecular weight is 246 g/mol. The fourth-order valence-corrected chi connectivity index (χ4v) is 1.49. The molecule has 0 spiro atoms. The van der Waals surface area contributed by atoms with Crippen LogP contribution in [0.2, 0.25) is 0 Å². The standard InChI is InChI=1S/C12H14N4O2/c1-15(18-2)12(17)11-9-16(14-13-11)8-10-6-4-3-5-7-10/h3-7,9H,8H2,1-2H3. The van der Waals surface area contributed by atoms with Gasteiger partial charge in [0.2, 0.25) is 0 Å². The Morgan fingerprint density at radius 3 is 2.78 bits per heavy atom. The Hall–Kier alpha value is -2.21. The summed E-state index contributed by atoms with van der Waals surface area (Å²) >= 11 is 0. The minimum absolute atomic E-state index is 0.260. The molecule has 0 saturated heterocycles. The molecule has 18 heavy (non-hydrogen) atoms. The van der Waals surface area contributed by atoms with E-state index in [9.17, 15) is 4.79 Å². The van der Waals surface area contributed by atoms with Crippen molar-refractivity contribution >= 4 is 5.91 Å². The molecular formula is C12H14N4O2. The second kappa shape index (κ2) is 5.42. The van der Waals surface area contributed by atoms with Gasteiger partial charge in [-0.25, -0.2) is 9.75 Å². The quantitative estimate of drug-likeness (QED) is 0.754. The van der Waals surface area contributed by atoms with E-state index in [2.05, 4.69) is 10.3 Å². The van der Waals surface area contributed by atoms with Crippen molar-refractivity contribution in [3.8, 4) is 0 Å². The van der Waals surface area contributed by atoms with Gasteiger partial charge in [0, 0.05) is 7.05 Å². The number of amides is 1. The second-order valence-electron chi connectivity index (χ2n) is 3.77. The van der Waals surface area contributed by atoms with E-state index in [-0.39, 0.29) is 11.6 Å². The van der Waals surface area contributed by atoms with Gasteiger partial charge >= 0.3 is 0 Å². The molecule has 2 aromatic rings. The lowest BCUT2D eigenvalue weighted by Crippen LogP contribution is -2.25. The molecule has 0 N–H and O–H groups in total. The first kappa shape index (κ1) is 12.3. The normalized spacial score (nSPS) is 10.3. The van der Waals surface area contributed by atoms with Crippen molar-refractivity contribution in [2.75, 3.05) is 14.2 Å². The number of hydroxylamine groups is 2. The summed E-state index contributed by atoms with van der Waals surface area (Å²) in [7, 11) is 2.95. The Balaban J connectivity index is 2.09. The maximum Gasteiger partial charge on any atom is 0.299 e. The minimum Gasteiger partial charge on any atom is -0.274 e. The van der Waals surface area contributed by atoms with Gasteiger partial charge in [-0.2, -0.15) is 0 Å². The van der Waals surface area contributed by atoms with Gasteiger partial charge in [-0.05, 0) is 5.56 Å². The first-order chi connectivity index (χ1) is 8.70. The lowest BCUT2D eigenvalue weighted by atomic mass is 10.2. The first-order valence-electron chi connectivity index (χ1n) is 5.47. The molecule has 0 radical (unpaired) electrons. The topological polar surface area (TPSA) is 60.2 Å². The highest BCUT2D eigenvalue weighted by molar-refractivity contribution is 5.90. The molecule has 94 valence electrons. The number of carbonyl (C=O) groups is 1. The average Bonchev–Trinajstić information content (AvgIpc) is 2.86. The van der Waals surface area contributed by atoms with Crippen molar-refractivity contribution in [2.45, 2.75) is 6.54 Å². The van der Waals surface area contributed by atoms with Gasteiger partial charge in [0.1, 0.15) is 0 Å². The van der Waals surface area contributed by atoms with Crippen LogP contribution in [0.5, 0.6) is 0 Å². The number of aromatic nitrogens is 3. The van der Waals surface area contributed by atoms with Crippen LogP contribution in [0.25, 0.3) is 0 Å². The van der Waals surface area contributed by atoms with Crippen LogP contribution >= 0.6 is 0 Å². The summed E-state index contributed by atoms with van der Waals surface area (Å²) in [5.41, 5.74) is 1.36. The molecule has 0 aliphatic rings. The third kappa shape index (κ3) is 2.72. The molecule has 6 nitrogen and oxygen atoms in total. The molecule has 0 unspecified atom stereocenters. The van der Waals surface area contributed by atoms with Crippen LogP contribution in [-0.4, -0.2) is 40.1 Å². The Morgan fingerprint density at radius 2 is 2.11 bits per heavy atom. The van der Waals surface area contributed by atoms with E-state index in [1.165, 1.54) is 14.2 Å². The van der Waals surface area contributed by atoms with E-state index in [0.717, 1.165) is 10.6 Å². The molecule has 0 bridgehead atoms. The SMILES string of the molecule is CON(C)C(=O)c1cn(Cc2ccccc2)nn1. The predicted octanol–water partition coefficient (Wildman–Crippen LogP) is 0.960. The summed E-state index contributed by atoms with van der Waals surface area (Å²) in [6.07, 6.45) is 1.60. The van der Waals surface area contributed by atoms with Gasteiger partial charge in [-0.1, -0.05) is 35.5 Å². The van der Waals surface area contributed by atoms with Crippen molar-refractivity contribution in [1.29, 1.82) is 0 Å². The van der Waals surface area contributed by atoms with Crippen LogP contribution in [0.3, 0.4) is 0 Å². The van der Waals surface area contributed by atoms with Crippen LogP contribution in [0.1, 0.15) is 16.1 Å². The van der Waals surface area contributed by atoms with Gasteiger partial charge in [-0.3, -0.25) is 9.63 Å². The van der Waals surface area contributed by atoms with E-state index >= 15 is 0 Å². The van der Waals surface area contributed by atoms with E-state index in [4.69, 9.17) is 4.84 Å². The lowest BCUT2D eigenvalue weighted by Gasteiger charge is -2.10. The Morgan fingerprint density at radius 1 is 1.39 bits per heavy atom. The van der Waals surface area contributed by atoms with Crippen molar-refractivity contribution in [3.05, 3.63) is 47.8 Å². The van der Waals surface area contributed by atoms with Gasteiger partial charge < -0.3 is 0 Å². The molecule has 0 atom stereocenters. The fraction of sp³-hybridized carbons (Fsp3) is 0.250. The molecule has 1 aromatic heterocycles. The number of carbonyl (C=O) groups excluding carboxylic acids is 1. The van der Waals surface area contributed by atoms with E-state index in [1.807, 2.05) is 30.3 Å². The summed E-state index contributed by atoms with van der Waals surface area (Å²) in [6, 6.07) is 9.84. The Bertz CT molecular complexity index is 524. The minimum atomic E-state index is -0.322. The number of rotatable bonds is 4. The number of hydrogen-bond acceptors (Lipinski definition) is 4. The van der Waals surface area contributed by atoms with Crippen LogP contribution < -0.4 is 0 Å². The van der Waals surface area contributed by atoms with Gasteiger partial charge in [-0.15, -0.1) is 5.10 Å². The van der Waals surface area contributed by atoms with Crippen LogP contribution in [-0.2, 0) is 11.4 Å². The molecule has 0 saturated carbocycles. The van der Waals surface area contributed by atoms with Crippen LogP contribution in [0.15, 0.2) is 36.5 Å². The highest BCUT2D eigenvalue weighted by atomic mass is 16.7. The highest BCUT2D eigenvalue weighted by Gasteiger charge is 2.15. The van der Waals surface area contributed by atoms with E-state index in [1.54, 1.807) is 10.9 Å².